The molecule has 2 aliphatic heterocycles. The van der Waals surface area contributed by atoms with Gasteiger partial charge in [0.15, 0.2) is 0 Å². The van der Waals surface area contributed by atoms with Crippen molar-refractivity contribution < 1.29 is 4.79 Å². The number of likely N-dealkylation sites (tertiary alicyclic amines) is 2. The number of hydrogen-bond donors (Lipinski definition) is 1. The van der Waals surface area contributed by atoms with E-state index in [0.717, 1.165) is 78.1 Å². The molecular formula is C34H34ClN5O. The fraction of sp³-hybridized carbons (Fsp3) is 0.324. The Hall–Kier alpha value is -3.92. The van der Waals surface area contributed by atoms with Crippen molar-refractivity contribution in [2.45, 2.75) is 38.1 Å². The van der Waals surface area contributed by atoms with E-state index in [1.165, 1.54) is 12.8 Å². The van der Waals surface area contributed by atoms with Crippen molar-refractivity contribution in [2.24, 2.45) is 0 Å². The largest absolute Gasteiger partial charge is 0.370 e. The number of halogens is 1. The van der Waals surface area contributed by atoms with Gasteiger partial charge in [-0.15, -0.1) is 0 Å². The van der Waals surface area contributed by atoms with Gasteiger partial charge in [-0.3, -0.25) is 4.79 Å². The highest BCUT2D eigenvalue weighted by molar-refractivity contribution is 6.31. The molecule has 2 saturated heterocycles. The number of nitriles is 1. The fourth-order valence-corrected chi connectivity index (χ4v) is 6.38. The van der Waals surface area contributed by atoms with E-state index in [0.29, 0.717) is 23.5 Å². The van der Waals surface area contributed by atoms with Crippen LogP contribution in [0.15, 0.2) is 72.8 Å². The maximum atomic E-state index is 14.3. The highest BCUT2D eigenvalue weighted by Gasteiger charge is 2.32. The second-order valence-electron chi connectivity index (χ2n) is 11.0. The highest BCUT2D eigenvalue weighted by Crippen LogP contribution is 2.31. The number of nitrogens with one attached hydrogen (secondary N) is 1. The van der Waals surface area contributed by atoms with E-state index in [-0.39, 0.29) is 11.9 Å². The molecule has 4 aromatic rings. The summed E-state index contributed by atoms with van der Waals surface area (Å²) >= 11 is 6.37. The van der Waals surface area contributed by atoms with E-state index in [1.54, 1.807) is 0 Å². The summed E-state index contributed by atoms with van der Waals surface area (Å²) in [5, 5.41) is 14.3. The Kier molecular flexibility index (Phi) is 8.18. The minimum Gasteiger partial charge on any atom is -0.370 e. The van der Waals surface area contributed by atoms with E-state index in [9.17, 15) is 10.1 Å². The van der Waals surface area contributed by atoms with Crippen LogP contribution < -0.4 is 5.32 Å². The SMILES string of the molecule is N#Cc1ccc(-c2ccc3nc(NCCc4ccccc4Cl)cc(C(=O)N4CCC[C@H]4CN4CCCC4)c3c2)cc1. The first-order chi connectivity index (χ1) is 20.1. The molecule has 0 radical (unpaired) electrons. The maximum Gasteiger partial charge on any atom is 0.254 e. The molecule has 6 rings (SSSR count). The topological polar surface area (TPSA) is 72.3 Å². The third-order valence-electron chi connectivity index (χ3n) is 8.35. The van der Waals surface area contributed by atoms with Crippen molar-refractivity contribution in [3.63, 3.8) is 0 Å². The van der Waals surface area contributed by atoms with Crippen LogP contribution in [-0.4, -0.2) is 59.5 Å². The lowest BCUT2D eigenvalue weighted by Crippen LogP contribution is -2.42. The zero-order valence-corrected chi connectivity index (χ0v) is 23.9. The summed E-state index contributed by atoms with van der Waals surface area (Å²) in [5.74, 6) is 0.763. The van der Waals surface area contributed by atoms with Crippen molar-refractivity contribution in [3.8, 4) is 17.2 Å². The van der Waals surface area contributed by atoms with E-state index in [1.807, 2.05) is 66.7 Å². The van der Waals surface area contributed by atoms with Crippen LogP contribution >= 0.6 is 11.6 Å². The van der Waals surface area contributed by atoms with Gasteiger partial charge in [-0.05, 0) is 98.3 Å². The third kappa shape index (κ3) is 6.07. The lowest BCUT2D eigenvalue weighted by molar-refractivity contribution is 0.0710. The fourth-order valence-electron chi connectivity index (χ4n) is 6.15. The van der Waals surface area contributed by atoms with E-state index < -0.39 is 0 Å². The zero-order valence-electron chi connectivity index (χ0n) is 23.2. The number of aromatic nitrogens is 1. The molecule has 3 heterocycles. The number of pyridine rings is 1. The molecule has 7 heteroatoms. The number of anilines is 1. The predicted molar refractivity (Wildman–Crippen MR) is 165 cm³/mol. The molecule has 1 atom stereocenters. The molecule has 0 spiro atoms. The van der Waals surface area contributed by atoms with Crippen LogP contribution in [0.1, 0.15) is 47.2 Å². The molecule has 208 valence electrons. The smallest absolute Gasteiger partial charge is 0.254 e. The van der Waals surface area contributed by atoms with Crippen molar-refractivity contribution in [3.05, 3.63) is 94.5 Å². The quantitative estimate of drug-likeness (QED) is 0.256. The lowest BCUT2D eigenvalue weighted by Gasteiger charge is -2.29. The first kappa shape index (κ1) is 27.3. The first-order valence-electron chi connectivity index (χ1n) is 14.5. The van der Waals surface area contributed by atoms with Crippen molar-refractivity contribution >= 4 is 34.2 Å². The van der Waals surface area contributed by atoms with Gasteiger partial charge in [0.1, 0.15) is 5.82 Å². The Morgan fingerprint density at radius 1 is 0.976 bits per heavy atom. The van der Waals surface area contributed by atoms with Gasteiger partial charge in [0.2, 0.25) is 0 Å². The number of benzene rings is 3. The van der Waals surface area contributed by atoms with Gasteiger partial charge < -0.3 is 15.1 Å². The van der Waals surface area contributed by atoms with Crippen LogP contribution in [0.2, 0.25) is 5.02 Å². The van der Waals surface area contributed by atoms with Gasteiger partial charge in [0.05, 0.1) is 22.7 Å². The number of amides is 1. The van der Waals surface area contributed by atoms with Crippen LogP contribution in [0.3, 0.4) is 0 Å². The van der Waals surface area contributed by atoms with Gasteiger partial charge in [0, 0.05) is 36.1 Å². The summed E-state index contributed by atoms with van der Waals surface area (Å²) in [6.07, 6.45) is 5.33. The maximum absolute atomic E-state index is 14.3. The van der Waals surface area contributed by atoms with Gasteiger partial charge >= 0.3 is 0 Å². The van der Waals surface area contributed by atoms with E-state index in [4.69, 9.17) is 16.6 Å². The standard InChI is InChI=1S/C34H34ClN5O/c35-31-8-2-1-6-26(31)15-16-37-33-21-30(34(41)40-19-5-7-28(40)23-39-17-3-4-18-39)29-20-27(13-14-32(29)38-33)25-11-9-24(22-36)10-12-25/h1-2,6,8-14,20-21,28H,3-5,7,15-19,23H2,(H,37,38)/t28-/m0/s1. The summed E-state index contributed by atoms with van der Waals surface area (Å²) in [6, 6.07) is 25.8. The Bertz CT molecular complexity index is 1590. The predicted octanol–water partition coefficient (Wildman–Crippen LogP) is 6.78. The Morgan fingerprint density at radius 2 is 1.76 bits per heavy atom. The molecule has 6 nitrogen and oxygen atoms in total. The third-order valence-corrected chi connectivity index (χ3v) is 8.72. The monoisotopic (exact) mass is 563 g/mol. The first-order valence-corrected chi connectivity index (χ1v) is 14.9. The van der Waals surface area contributed by atoms with Crippen LogP contribution in [-0.2, 0) is 6.42 Å². The number of fused-ring (bicyclic) bond motifs is 1. The molecular weight excluding hydrogens is 530 g/mol. The van der Waals surface area contributed by atoms with Gasteiger partial charge in [-0.1, -0.05) is 48.0 Å². The Morgan fingerprint density at radius 3 is 2.54 bits per heavy atom. The number of hydrogen-bond acceptors (Lipinski definition) is 5. The minimum absolute atomic E-state index is 0.0743. The van der Waals surface area contributed by atoms with E-state index >= 15 is 0 Å². The molecule has 2 aliphatic rings. The molecule has 1 N–H and O–H groups in total. The summed E-state index contributed by atoms with van der Waals surface area (Å²) in [4.78, 5) is 23.8. The van der Waals surface area contributed by atoms with Crippen LogP contribution in [0.25, 0.3) is 22.0 Å². The average molecular weight is 564 g/mol. The molecule has 3 aromatic carbocycles. The minimum atomic E-state index is 0.0743. The summed E-state index contributed by atoms with van der Waals surface area (Å²) < 4.78 is 0. The molecule has 1 amide bonds. The summed E-state index contributed by atoms with van der Waals surface area (Å²) in [7, 11) is 0. The number of rotatable bonds is 8. The van der Waals surface area contributed by atoms with Gasteiger partial charge in [-0.2, -0.15) is 5.26 Å². The molecule has 1 aromatic heterocycles. The normalized spacial score (nSPS) is 17.2. The van der Waals surface area contributed by atoms with Crippen molar-refractivity contribution in [1.29, 1.82) is 5.26 Å². The van der Waals surface area contributed by atoms with Crippen molar-refractivity contribution in [2.75, 3.05) is 38.0 Å². The highest BCUT2D eigenvalue weighted by atomic mass is 35.5. The van der Waals surface area contributed by atoms with Crippen molar-refractivity contribution in [1.82, 2.24) is 14.8 Å². The zero-order chi connectivity index (χ0) is 28.2. The number of carbonyl (C=O) groups is 1. The molecule has 2 fully saturated rings. The summed E-state index contributed by atoms with van der Waals surface area (Å²) in [5.41, 5.74) is 5.15. The molecule has 0 bridgehead atoms. The van der Waals surface area contributed by atoms with Crippen LogP contribution in [0.4, 0.5) is 5.82 Å². The van der Waals surface area contributed by atoms with Gasteiger partial charge in [0.25, 0.3) is 5.91 Å². The second-order valence-corrected chi connectivity index (χ2v) is 11.5. The summed E-state index contributed by atoms with van der Waals surface area (Å²) in [6.45, 7) is 4.65. The molecule has 0 aliphatic carbocycles. The average Bonchev–Trinajstić information content (AvgIpc) is 3.70. The molecule has 0 unspecified atom stereocenters. The van der Waals surface area contributed by atoms with Crippen LogP contribution in [0, 0.1) is 11.3 Å². The second kappa shape index (κ2) is 12.3. The van der Waals surface area contributed by atoms with Gasteiger partial charge in [-0.25, -0.2) is 4.98 Å². The molecule has 41 heavy (non-hydrogen) atoms. The lowest BCUT2D eigenvalue weighted by atomic mass is 9.99. The van der Waals surface area contributed by atoms with Crippen LogP contribution in [0.5, 0.6) is 0 Å². The molecule has 0 saturated carbocycles. The number of carbonyl (C=O) groups excluding carboxylic acids is 1. The Labute approximate surface area is 246 Å². The number of nitrogens with zero attached hydrogens (tertiary/aromatic N) is 4. The van der Waals surface area contributed by atoms with E-state index in [2.05, 4.69) is 27.3 Å². The Balaban J connectivity index is 1.33.